The van der Waals surface area contributed by atoms with Crippen molar-refractivity contribution in [3.05, 3.63) is 22.1 Å². The SMILES string of the molecule is CC(=O)c1sc(-c2nccs2)nc1C. The van der Waals surface area contributed by atoms with Gasteiger partial charge in [0.05, 0.1) is 10.6 Å². The van der Waals surface area contributed by atoms with E-state index in [1.54, 1.807) is 13.1 Å². The fourth-order valence-corrected chi connectivity index (χ4v) is 2.78. The molecule has 0 saturated carbocycles. The molecule has 0 atom stereocenters. The van der Waals surface area contributed by atoms with Gasteiger partial charge >= 0.3 is 0 Å². The standard InChI is InChI=1S/C9H8N2OS2/c1-5-7(6(2)12)14-9(11-5)8-10-3-4-13-8/h3-4H,1-2H3. The minimum absolute atomic E-state index is 0.0720. The minimum Gasteiger partial charge on any atom is -0.294 e. The Labute approximate surface area is 89.5 Å². The van der Waals surface area contributed by atoms with Crippen molar-refractivity contribution in [1.29, 1.82) is 0 Å². The summed E-state index contributed by atoms with van der Waals surface area (Å²) in [5, 5.41) is 3.62. The van der Waals surface area contributed by atoms with E-state index in [0.29, 0.717) is 0 Å². The van der Waals surface area contributed by atoms with Gasteiger partial charge in [0.25, 0.3) is 0 Å². The van der Waals surface area contributed by atoms with Crippen LogP contribution in [0.3, 0.4) is 0 Å². The number of aryl methyl sites for hydroxylation is 1. The first-order valence-electron chi connectivity index (χ1n) is 4.06. The van der Waals surface area contributed by atoms with Crippen LogP contribution in [0.15, 0.2) is 11.6 Å². The maximum absolute atomic E-state index is 11.2. The summed E-state index contributed by atoms with van der Waals surface area (Å²) in [5.41, 5.74) is 0.799. The number of carbonyl (C=O) groups excluding carboxylic acids is 1. The zero-order chi connectivity index (χ0) is 10.1. The Morgan fingerprint density at radius 3 is 2.71 bits per heavy atom. The molecule has 2 heterocycles. The summed E-state index contributed by atoms with van der Waals surface area (Å²) >= 11 is 2.95. The molecule has 0 saturated heterocycles. The van der Waals surface area contributed by atoms with Gasteiger partial charge in [-0.1, -0.05) is 0 Å². The third-order valence-electron chi connectivity index (χ3n) is 1.73. The third-order valence-corrected chi connectivity index (χ3v) is 3.91. The highest BCUT2D eigenvalue weighted by Gasteiger charge is 2.13. The molecule has 3 nitrogen and oxygen atoms in total. The third kappa shape index (κ3) is 1.60. The molecule has 2 aromatic rings. The molecular formula is C9H8N2OS2. The van der Waals surface area contributed by atoms with Gasteiger partial charge in [-0.25, -0.2) is 9.97 Å². The lowest BCUT2D eigenvalue weighted by molar-refractivity contribution is 0.102. The van der Waals surface area contributed by atoms with Gasteiger partial charge in [-0.05, 0) is 6.92 Å². The number of aromatic nitrogens is 2. The maximum atomic E-state index is 11.2. The van der Waals surface area contributed by atoms with E-state index in [-0.39, 0.29) is 5.78 Å². The van der Waals surface area contributed by atoms with Crippen LogP contribution in [0, 0.1) is 6.92 Å². The molecule has 2 rings (SSSR count). The molecule has 0 amide bonds. The molecule has 0 aliphatic heterocycles. The Morgan fingerprint density at radius 1 is 1.43 bits per heavy atom. The Bertz CT molecular complexity index is 459. The number of hydrogen-bond donors (Lipinski definition) is 0. The molecule has 0 spiro atoms. The number of carbonyl (C=O) groups is 1. The lowest BCUT2D eigenvalue weighted by Crippen LogP contribution is -1.89. The molecule has 0 aliphatic carbocycles. The second kappa shape index (κ2) is 3.59. The van der Waals surface area contributed by atoms with Gasteiger partial charge in [-0.15, -0.1) is 22.7 Å². The normalized spacial score (nSPS) is 10.4. The molecule has 72 valence electrons. The summed E-state index contributed by atoms with van der Waals surface area (Å²) in [6.07, 6.45) is 1.74. The smallest absolute Gasteiger partial charge is 0.171 e. The average Bonchev–Trinajstić information content (AvgIpc) is 2.70. The molecule has 2 aromatic heterocycles. The van der Waals surface area contributed by atoms with E-state index in [0.717, 1.165) is 20.6 Å². The van der Waals surface area contributed by atoms with Crippen molar-refractivity contribution in [2.24, 2.45) is 0 Å². The van der Waals surface area contributed by atoms with Gasteiger partial charge in [0.2, 0.25) is 0 Å². The van der Waals surface area contributed by atoms with Gasteiger partial charge in [0.1, 0.15) is 0 Å². The molecular weight excluding hydrogens is 216 g/mol. The quantitative estimate of drug-likeness (QED) is 0.737. The average molecular weight is 224 g/mol. The van der Waals surface area contributed by atoms with Crippen molar-refractivity contribution in [3.8, 4) is 10.0 Å². The summed E-state index contributed by atoms with van der Waals surface area (Å²) in [6.45, 7) is 3.41. The molecule has 0 N–H and O–H groups in total. The van der Waals surface area contributed by atoms with Gasteiger partial charge in [-0.3, -0.25) is 4.79 Å². The molecule has 0 unspecified atom stereocenters. The monoisotopic (exact) mass is 224 g/mol. The van der Waals surface area contributed by atoms with Crippen molar-refractivity contribution >= 4 is 28.5 Å². The van der Waals surface area contributed by atoms with Crippen LogP contribution in [0.4, 0.5) is 0 Å². The molecule has 0 bridgehead atoms. The fraction of sp³-hybridized carbons (Fsp3) is 0.222. The topological polar surface area (TPSA) is 42.9 Å². The number of hydrogen-bond acceptors (Lipinski definition) is 5. The van der Waals surface area contributed by atoms with Gasteiger partial charge in [-0.2, -0.15) is 0 Å². The lowest BCUT2D eigenvalue weighted by atomic mass is 10.3. The second-order valence-corrected chi connectivity index (χ2v) is 4.72. The molecule has 0 radical (unpaired) electrons. The van der Waals surface area contributed by atoms with Crippen LogP contribution >= 0.6 is 22.7 Å². The predicted octanol–water partition coefficient (Wildman–Crippen LogP) is 2.78. The number of ketones is 1. The van der Waals surface area contributed by atoms with Crippen LogP contribution in [-0.2, 0) is 0 Å². The molecule has 5 heteroatoms. The summed E-state index contributed by atoms with van der Waals surface area (Å²) in [6, 6.07) is 0. The van der Waals surface area contributed by atoms with Crippen molar-refractivity contribution < 1.29 is 4.79 Å². The van der Waals surface area contributed by atoms with Crippen molar-refractivity contribution in [3.63, 3.8) is 0 Å². The van der Waals surface area contributed by atoms with Crippen LogP contribution in [0.5, 0.6) is 0 Å². The van der Waals surface area contributed by atoms with E-state index >= 15 is 0 Å². The van der Waals surface area contributed by atoms with E-state index in [2.05, 4.69) is 9.97 Å². The number of rotatable bonds is 2. The number of nitrogens with zero attached hydrogens (tertiary/aromatic N) is 2. The molecule has 0 aromatic carbocycles. The van der Waals surface area contributed by atoms with Crippen LogP contribution in [0.2, 0.25) is 0 Å². The van der Waals surface area contributed by atoms with Crippen LogP contribution in [0.1, 0.15) is 22.3 Å². The first-order valence-corrected chi connectivity index (χ1v) is 5.76. The van der Waals surface area contributed by atoms with E-state index in [4.69, 9.17) is 0 Å². The lowest BCUT2D eigenvalue weighted by Gasteiger charge is -1.85. The van der Waals surface area contributed by atoms with Crippen molar-refractivity contribution in [2.75, 3.05) is 0 Å². The summed E-state index contributed by atoms with van der Waals surface area (Å²) < 4.78 is 0. The zero-order valence-corrected chi connectivity index (χ0v) is 9.41. The highest BCUT2D eigenvalue weighted by molar-refractivity contribution is 7.21. The number of Topliss-reactive ketones (excluding diaryl/α,β-unsaturated/α-hetero) is 1. The Kier molecular flexibility index (Phi) is 2.43. The van der Waals surface area contributed by atoms with E-state index in [1.807, 2.05) is 12.3 Å². The Balaban J connectivity index is 2.48. The zero-order valence-electron chi connectivity index (χ0n) is 7.77. The molecule has 0 aliphatic rings. The first kappa shape index (κ1) is 9.48. The van der Waals surface area contributed by atoms with Crippen molar-refractivity contribution in [1.82, 2.24) is 9.97 Å². The van der Waals surface area contributed by atoms with Gasteiger partial charge in [0, 0.05) is 18.5 Å². The Hall–Kier alpha value is -1.07. The minimum atomic E-state index is 0.0720. The van der Waals surface area contributed by atoms with Crippen molar-refractivity contribution in [2.45, 2.75) is 13.8 Å². The summed E-state index contributed by atoms with van der Waals surface area (Å²) in [4.78, 5) is 20.4. The second-order valence-electron chi connectivity index (χ2n) is 2.83. The number of thiazole rings is 2. The van der Waals surface area contributed by atoms with E-state index in [1.165, 1.54) is 22.7 Å². The Morgan fingerprint density at radius 2 is 2.21 bits per heavy atom. The summed E-state index contributed by atoms with van der Waals surface area (Å²) in [7, 11) is 0. The van der Waals surface area contributed by atoms with E-state index in [9.17, 15) is 4.79 Å². The highest BCUT2D eigenvalue weighted by atomic mass is 32.1. The maximum Gasteiger partial charge on any atom is 0.171 e. The van der Waals surface area contributed by atoms with Crippen LogP contribution in [0.25, 0.3) is 10.0 Å². The van der Waals surface area contributed by atoms with E-state index < -0.39 is 0 Å². The first-order chi connectivity index (χ1) is 6.68. The molecule has 14 heavy (non-hydrogen) atoms. The molecule has 0 fully saturated rings. The fourth-order valence-electron chi connectivity index (χ4n) is 1.14. The van der Waals surface area contributed by atoms with Gasteiger partial charge < -0.3 is 0 Å². The largest absolute Gasteiger partial charge is 0.294 e. The van der Waals surface area contributed by atoms with Crippen LogP contribution in [-0.4, -0.2) is 15.8 Å². The van der Waals surface area contributed by atoms with Gasteiger partial charge in [0.15, 0.2) is 15.8 Å². The van der Waals surface area contributed by atoms with Crippen LogP contribution < -0.4 is 0 Å². The predicted molar refractivity (Wildman–Crippen MR) is 58.0 cm³/mol. The highest BCUT2D eigenvalue weighted by Crippen LogP contribution is 2.29. The summed E-state index contributed by atoms with van der Waals surface area (Å²) in [5.74, 6) is 0.0720.